The van der Waals surface area contributed by atoms with Gasteiger partial charge in [0.25, 0.3) is 0 Å². The Morgan fingerprint density at radius 3 is 2.06 bits per heavy atom. The number of fused-ring (bicyclic) bond motifs is 1. The van der Waals surface area contributed by atoms with Crippen molar-refractivity contribution in [2.45, 2.75) is 30.9 Å². The number of ether oxygens (including phenoxy) is 4. The molecule has 7 N–H and O–H groups in total. The van der Waals surface area contributed by atoms with Crippen LogP contribution in [0.1, 0.15) is 0 Å². The summed E-state index contributed by atoms with van der Waals surface area (Å²) < 4.78 is 26.7. The van der Waals surface area contributed by atoms with E-state index in [-0.39, 0.29) is 34.2 Å². The largest absolute Gasteiger partial charge is 0.508 e. The summed E-state index contributed by atoms with van der Waals surface area (Å²) in [7, 11) is 2.52. The first kappa shape index (κ1) is 25.3. The molecule has 14 nitrogen and oxygen atoms in total. The predicted octanol–water partition coefficient (Wildman–Crippen LogP) is 0.228. The number of hydrogen-bond donors (Lipinski definition) is 7. The molecule has 2 aromatic carbocycles. The summed E-state index contributed by atoms with van der Waals surface area (Å²) in [6.07, 6.45) is -9.47. The maximum Gasteiger partial charge on any atom is 0.239 e. The molecule has 1 fully saturated rings. The highest BCUT2D eigenvalue weighted by molar-refractivity contribution is 5.88. The Balaban J connectivity index is 1.96. The third kappa shape index (κ3) is 4.21. The van der Waals surface area contributed by atoms with Crippen LogP contribution in [0.5, 0.6) is 34.5 Å². The molecule has 0 aliphatic carbocycles. The second kappa shape index (κ2) is 9.69. The van der Waals surface area contributed by atoms with E-state index < -0.39 is 59.0 Å². The first-order valence-corrected chi connectivity index (χ1v) is 10.3. The number of aliphatic hydroxyl groups excluding tert-OH is 3. The SMILES string of the molecule is COc1cc(-c2oc3cc(O)cc(O)c3c(=O)c2O[C@@H]2O[C@H](OO)[C@@H](O)[C@H](O)[C@H]2O)cc(OC)c1O. The van der Waals surface area contributed by atoms with Gasteiger partial charge in [-0.1, -0.05) is 0 Å². The fourth-order valence-corrected chi connectivity index (χ4v) is 3.71. The second-order valence-corrected chi connectivity index (χ2v) is 7.72. The number of hydrogen-bond acceptors (Lipinski definition) is 14. The smallest absolute Gasteiger partial charge is 0.239 e. The summed E-state index contributed by atoms with van der Waals surface area (Å²) in [4.78, 5) is 17.4. The molecule has 1 aromatic heterocycles. The van der Waals surface area contributed by atoms with Gasteiger partial charge in [0.2, 0.25) is 29.5 Å². The highest BCUT2D eigenvalue weighted by Crippen LogP contribution is 2.44. The molecule has 36 heavy (non-hydrogen) atoms. The number of rotatable bonds is 6. The Morgan fingerprint density at radius 2 is 1.47 bits per heavy atom. The van der Waals surface area contributed by atoms with Crippen molar-refractivity contribution in [3.8, 4) is 45.8 Å². The summed E-state index contributed by atoms with van der Waals surface area (Å²) in [5.74, 6) is -2.63. The minimum absolute atomic E-state index is 0.0409. The van der Waals surface area contributed by atoms with E-state index in [9.17, 15) is 35.4 Å². The number of benzene rings is 2. The van der Waals surface area contributed by atoms with Gasteiger partial charge < -0.3 is 54.0 Å². The Bertz CT molecular complexity index is 1310. The van der Waals surface area contributed by atoms with Crippen molar-refractivity contribution in [1.29, 1.82) is 0 Å². The minimum atomic E-state index is -1.94. The first-order chi connectivity index (χ1) is 17.1. The van der Waals surface area contributed by atoms with Gasteiger partial charge in [0, 0.05) is 17.7 Å². The molecular weight excluding hydrogens is 488 g/mol. The molecule has 0 radical (unpaired) electrons. The molecule has 5 atom stereocenters. The van der Waals surface area contributed by atoms with Crippen molar-refractivity contribution in [1.82, 2.24) is 0 Å². The van der Waals surface area contributed by atoms with Gasteiger partial charge >= 0.3 is 0 Å². The molecule has 1 aliphatic heterocycles. The molecule has 0 amide bonds. The van der Waals surface area contributed by atoms with Gasteiger partial charge in [-0.15, -0.1) is 0 Å². The van der Waals surface area contributed by atoms with Crippen LogP contribution in [0.4, 0.5) is 0 Å². The number of aromatic hydroxyl groups is 3. The van der Waals surface area contributed by atoms with Gasteiger partial charge in [-0.3, -0.25) is 4.79 Å². The first-order valence-electron chi connectivity index (χ1n) is 10.3. The number of aliphatic hydroxyl groups is 3. The van der Waals surface area contributed by atoms with Gasteiger partial charge in [-0.05, 0) is 12.1 Å². The van der Waals surface area contributed by atoms with Crippen molar-refractivity contribution in [3.05, 3.63) is 34.5 Å². The minimum Gasteiger partial charge on any atom is -0.508 e. The maximum absolute atomic E-state index is 13.4. The van der Waals surface area contributed by atoms with E-state index in [4.69, 9.17) is 28.6 Å². The standard InChI is InChI=1S/C22H22O14/c1-31-11-3-7(4-12(32-2)14(11)25)19-20(15(26)13-9(24)5-8(23)6-10(13)33-19)34-21-17(28)16(27)18(29)22(35-21)36-30/h3-6,16-18,21-25,27-30H,1-2H3/t16-,17-,18+,21-,22-/m1/s1. The third-order valence-electron chi connectivity index (χ3n) is 5.52. The molecule has 0 unspecified atom stereocenters. The van der Waals surface area contributed by atoms with Crippen molar-refractivity contribution in [2.24, 2.45) is 0 Å². The van der Waals surface area contributed by atoms with Crippen molar-refractivity contribution in [3.63, 3.8) is 0 Å². The van der Waals surface area contributed by atoms with Crippen LogP contribution < -0.4 is 19.6 Å². The van der Waals surface area contributed by atoms with Gasteiger partial charge in [-0.2, -0.15) is 0 Å². The lowest BCUT2D eigenvalue weighted by Gasteiger charge is -2.38. The summed E-state index contributed by atoms with van der Waals surface area (Å²) in [5, 5.41) is 69.2. The summed E-state index contributed by atoms with van der Waals surface area (Å²) >= 11 is 0. The Labute approximate surface area is 201 Å². The molecule has 3 aromatic rings. The lowest BCUT2D eigenvalue weighted by molar-refractivity contribution is -0.420. The van der Waals surface area contributed by atoms with E-state index in [1.165, 1.54) is 26.4 Å². The van der Waals surface area contributed by atoms with Crippen LogP contribution in [0.15, 0.2) is 33.5 Å². The predicted molar refractivity (Wildman–Crippen MR) is 117 cm³/mol. The monoisotopic (exact) mass is 510 g/mol. The lowest BCUT2D eigenvalue weighted by atomic mass is 10.0. The van der Waals surface area contributed by atoms with E-state index in [0.29, 0.717) is 0 Å². The third-order valence-corrected chi connectivity index (χ3v) is 5.52. The summed E-state index contributed by atoms with van der Waals surface area (Å²) in [5.41, 5.74) is -1.21. The average molecular weight is 510 g/mol. The number of phenols is 3. The van der Waals surface area contributed by atoms with Gasteiger partial charge in [0.05, 0.1) is 14.2 Å². The molecule has 1 aliphatic rings. The molecule has 0 saturated carbocycles. The van der Waals surface area contributed by atoms with Crippen LogP contribution in [0.3, 0.4) is 0 Å². The van der Waals surface area contributed by atoms with Crippen LogP contribution in [0.25, 0.3) is 22.3 Å². The van der Waals surface area contributed by atoms with Gasteiger partial charge in [0.15, 0.2) is 17.3 Å². The molecular formula is C22H22O14. The zero-order valence-electron chi connectivity index (χ0n) is 18.7. The Morgan fingerprint density at radius 1 is 0.861 bits per heavy atom. The molecule has 194 valence electrons. The number of methoxy groups -OCH3 is 2. The quantitative estimate of drug-likeness (QED) is 0.174. The van der Waals surface area contributed by atoms with Crippen LogP contribution >= 0.6 is 0 Å². The highest BCUT2D eigenvalue weighted by Gasteiger charge is 2.46. The van der Waals surface area contributed by atoms with E-state index in [2.05, 4.69) is 4.89 Å². The van der Waals surface area contributed by atoms with E-state index in [1.807, 2.05) is 0 Å². The fraction of sp³-hybridized carbons (Fsp3) is 0.318. The lowest BCUT2D eigenvalue weighted by Crippen LogP contribution is -2.59. The zero-order valence-corrected chi connectivity index (χ0v) is 18.7. The topological polar surface area (TPSA) is 218 Å². The molecule has 2 heterocycles. The molecule has 14 heteroatoms. The highest BCUT2D eigenvalue weighted by atomic mass is 17.1. The van der Waals surface area contributed by atoms with Crippen molar-refractivity contribution >= 4 is 11.0 Å². The molecule has 4 rings (SSSR count). The number of phenolic OH excluding ortho intramolecular Hbond substituents is 3. The van der Waals surface area contributed by atoms with Gasteiger partial charge in [0.1, 0.15) is 40.8 Å². The molecule has 0 spiro atoms. The summed E-state index contributed by atoms with van der Waals surface area (Å²) in [6.45, 7) is 0. The normalized spacial score (nSPS) is 24.0. The Hall–Kier alpha value is -3.79. The van der Waals surface area contributed by atoms with Crippen LogP contribution in [0, 0.1) is 0 Å². The van der Waals surface area contributed by atoms with Crippen LogP contribution in [0.2, 0.25) is 0 Å². The van der Waals surface area contributed by atoms with E-state index >= 15 is 0 Å². The van der Waals surface area contributed by atoms with Crippen molar-refractivity contribution < 1.29 is 64.1 Å². The van der Waals surface area contributed by atoms with Gasteiger partial charge in [-0.25, -0.2) is 10.1 Å². The van der Waals surface area contributed by atoms with Crippen LogP contribution in [-0.4, -0.2) is 81.0 Å². The summed E-state index contributed by atoms with van der Waals surface area (Å²) in [6, 6.07) is 4.46. The molecule has 1 saturated heterocycles. The second-order valence-electron chi connectivity index (χ2n) is 7.72. The molecule has 0 bridgehead atoms. The average Bonchev–Trinajstić information content (AvgIpc) is 2.85. The van der Waals surface area contributed by atoms with E-state index in [1.54, 1.807) is 0 Å². The Kier molecular flexibility index (Phi) is 6.81. The van der Waals surface area contributed by atoms with Crippen LogP contribution in [-0.2, 0) is 9.62 Å². The maximum atomic E-state index is 13.4. The fourth-order valence-electron chi connectivity index (χ4n) is 3.71. The zero-order chi connectivity index (χ0) is 26.3. The van der Waals surface area contributed by atoms with Crippen molar-refractivity contribution in [2.75, 3.05) is 14.2 Å². The van der Waals surface area contributed by atoms with E-state index in [0.717, 1.165) is 12.1 Å².